The Kier molecular flexibility index (Phi) is 6.92. The van der Waals surface area contributed by atoms with E-state index in [2.05, 4.69) is 35.2 Å². The third kappa shape index (κ3) is 5.92. The molecule has 0 radical (unpaired) electrons. The second-order valence-electron chi connectivity index (χ2n) is 11.3. The number of ether oxygens (including phenoxy) is 3. The molecule has 3 heterocycles. The fourth-order valence-electron chi connectivity index (χ4n) is 5.85. The number of hydrogen-bond acceptors (Lipinski definition) is 5. The molecule has 3 unspecified atom stereocenters. The Morgan fingerprint density at radius 1 is 0.971 bits per heavy atom. The molecule has 35 heavy (non-hydrogen) atoms. The first-order valence-electron chi connectivity index (χ1n) is 13.0. The van der Waals surface area contributed by atoms with Crippen LogP contribution in [0.15, 0.2) is 54.6 Å². The SMILES string of the molecule is CC(C)(C)OC(=O)N(CC1CC2CCC(C1)N2Cc1ccccc1)CC1COc2ccccc2O1. The normalized spacial score (nSPS) is 25.8. The monoisotopic (exact) mass is 478 g/mol. The summed E-state index contributed by atoms with van der Waals surface area (Å²) in [6, 6.07) is 19.6. The van der Waals surface area contributed by atoms with Gasteiger partial charge in [0.2, 0.25) is 0 Å². The van der Waals surface area contributed by atoms with Crippen molar-refractivity contribution in [3.8, 4) is 11.5 Å². The minimum absolute atomic E-state index is 0.215. The number of rotatable bonds is 6. The van der Waals surface area contributed by atoms with Crippen LogP contribution in [0.25, 0.3) is 0 Å². The summed E-state index contributed by atoms with van der Waals surface area (Å²) in [5.74, 6) is 1.96. The molecular weight excluding hydrogens is 440 g/mol. The zero-order chi connectivity index (χ0) is 24.4. The first-order valence-corrected chi connectivity index (χ1v) is 13.0. The standard InChI is InChI=1S/C29H38N2O4/c1-29(2,3)35-28(32)30(19-25-20-33-26-11-7-8-12-27(26)34-25)17-22-15-23-13-14-24(16-22)31(23)18-21-9-5-4-6-10-21/h4-12,22-25H,13-20H2,1-3H3. The van der Waals surface area contributed by atoms with Gasteiger partial charge in [-0.15, -0.1) is 0 Å². The van der Waals surface area contributed by atoms with Crippen LogP contribution in [0, 0.1) is 5.92 Å². The van der Waals surface area contributed by atoms with E-state index in [-0.39, 0.29) is 12.2 Å². The minimum atomic E-state index is -0.538. The van der Waals surface area contributed by atoms with Crippen LogP contribution in [-0.4, -0.2) is 59.4 Å². The van der Waals surface area contributed by atoms with Gasteiger partial charge in [0.05, 0.1) is 6.54 Å². The molecule has 3 aliphatic heterocycles. The third-order valence-corrected chi connectivity index (χ3v) is 7.31. The number of carbonyl (C=O) groups excluding carboxylic acids is 1. The highest BCUT2D eigenvalue weighted by Crippen LogP contribution is 2.40. The maximum atomic E-state index is 13.2. The minimum Gasteiger partial charge on any atom is -0.486 e. The number of hydrogen-bond donors (Lipinski definition) is 0. The van der Waals surface area contributed by atoms with Gasteiger partial charge in [-0.25, -0.2) is 4.79 Å². The molecule has 3 aliphatic rings. The lowest BCUT2D eigenvalue weighted by molar-refractivity contribution is -0.00144. The molecule has 0 spiro atoms. The van der Waals surface area contributed by atoms with Crippen LogP contribution >= 0.6 is 0 Å². The van der Waals surface area contributed by atoms with Crippen LogP contribution in [0.2, 0.25) is 0 Å². The number of carbonyl (C=O) groups is 1. The van der Waals surface area contributed by atoms with Crippen molar-refractivity contribution < 1.29 is 19.0 Å². The molecule has 1 amide bonds. The van der Waals surface area contributed by atoms with E-state index in [1.165, 1.54) is 18.4 Å². The van der Waals surface area contributed by atoms with Gasteiger partial charge in [0.25, 0.3) is 0 Å². The summed E-state index contributed by atoms with van der Waals surface area (Å²) in [5.41, 5.74) is 0.845. The molecule has 6 heteroatoms. The number of nitrogens with zero attached hydrogens (tertiary/aromatic N) is 2. The lowest BCUT2D eigenvalue weighted by Crippen LogP contribution is -2.50. The van der Waals surface area contributed by atoms with Gasteiger partial charge in [-0.05, 0) is 70.1 Å². The summed E-state index contributed by atoms with van der Waals surface area (Å²) in [6.07, 6.45) is 4.25. The molecule has 2 aromatic carbocycles. The molecule has 0 N–H and O–H groups in total. The molecule has 2 fully saturated rings. The zero-order valence-corrected chi connectivity index (χ0v) is 21.2. The first kappa shape index (κ1) is 24.0. The maximum Gasteiger partial charge on any atom is 0.410 e. The Labute approximate surface area is 209 Å². The second-order valence-corrected chi connectivity index (χ2v) is 11.3. The van der Waals surface area contributed by atoms with Crippen LogP contribution in [-0.2, 0) is 11.3 Å². The van der Waals surface area contributed by atoms with Crippen LogP contribution < -0.4 is 9.47 Å². The number of fused-ring (bicyclic) bond motifs is 3. The van der Waals surface area contributed by atoms with E-state index in [4.69, 9.17) is 14.2 Å². The van der Waals surface area contributed by atoms with E-state index in [0.717, 1.165) is 30.9 Å². The summed E-state index contributed by atoms with van der Waals surface area (Å²) in [6.45, 7) is 8.36. The highest BCUT2D eigenvalue weighted by molar-refractivity contribution is 5.68. The first-order chi connectivity index (χ1) is 16.8. The molecule has 6 nitrogen and oxygen atoms in total. The predicted molar refractivity (Wildman–Crippen MR) is 136 cm³/mol. The molecule has 0 aliphatic carbocycles. The number of piperidine rings is 1. The average Bonchev–Trinajstić information content (AvgIpc) is 3.05. The van der Waals surface area contributed by atoms with Gasteiger partial charge in [0, 0.05) is 25.2 Å². The van der Waals surface area contributed by atoms with Gasteiger partial charge in [0.15, 0.2) is 17.6 Å². The zero-order valence-electron chi connectivity index (χ0n) is 21.2. The van der Waals surface area contributed by atoms with Crippen molar-refractivity contribution in [2.75, 3.05) is 19.7 Å². The highest BCUT2D eigenvalue weighted by atomic mass is 16.6. The van der Waals surface area contributed by atoms with Gasteiger partial charge >= 0.3 is 6.09 Å². The lowest BCUT2D eigenvalue weighted by atomic mass is 9.89. The van der Waals surface area contributed by atoms with Crippen LogP contribution in [0.1, 0.15) is 52.0 Å². The van der Waals surface area contributed by atoms with Crippen molar-refractivity contribution in [2.45, 2.75) is 76.8 Å². The van der Waals surface area contributed by atoms with Crippen molar-refractivity contribution in [1.29, 1.82) is 0 Å². The van der Waals surface area contributed by atoms with E-state index in [9.17, 15) is 4.79 Å². The van der Waals surface area contributed by atoms with Crippen molar-refractivity contribution >= 4 is 6.09 Å². The molecule has 5 rings (SSSR count). The average molecular weight is 479 g/mol. The quantitative estimate of drug-likeness (QED) is 0.548. The molecular formula is C29H38N2O4. The summed E-state index contributed by atoms with van der Waals surface area (Å²) in [7, 11) is 0. The Morgan fingerprint density at radius 2 is 1.63 bits per heavy atom. The van der Waals surface area contributed by atoms with Crippen molar-refractivity contribution in [3.63, 3.8) is 0 Å². The number of amides is 1. The highest BCUT2D eigenvalue weighted by Gasteiger charge is 2.42. The molecule has 0 saturated carbocycles. The molecule has 2 saturated heterocycles. The Morgan fingerprint density at radius 3 is 2.31 bits per heavy atom. The van der Waals surface area contributed by atoms with Crippen molar-refractivity contribution in [1.82, 2.24) is 9.80 Å². The summed E-state index contributed by atoms with van der Waals surface area (Å²) >= 11 is 0. The van der Waals surface area contributed by atoms with Gasteiger partial charge < -0.3 is 19.1 Å². The summed E-state index contributed by atoms with van der Waals surface area (Å²) < 4.78 is 17.9. The van der Waals surface area contributed by atoms with Gasteiger partial charge in [-0.1, -0.05) is 42.5 Å². The van der Waals surface area contributed by atoms with Crippen molar-refractivity contribution in [3.05, 3.63) is 60.2 Å². The van der Waals surface area contributed by atoms with E-state index in [1.54, 1.807) is 0 Å². The molecule has 3 atom stereocenters. The Balaban J connectivity index is 1.24. The Bertz CT molecular complexity index is 991. The molecule has 2 bridgehead atoms. The Hall–Kier alpha value is -2.73. The molecule has 0 aromatic heterocycles. The second kappa shape index (κ2) is 10.1. The van der Waals surface area contributed by atoms with Gasteiger partial charge in [-0.3, -0.25) is 4.90 Å². The van der Waals surface area contributed by atoms with E-state index in [1.807, 2.05) is 49.9 Å². The third-order valence-electron chi connectivity index (χ3n) is 7.31. The molecule has 188 valence electrons. The van der Waals surface area contributed by atoms with Gasteiger partial charge in [-0.2, -0.15) is 0 Å². The number of para-hydroxylation sites is 2. The van der Waals surface area contributed by atoms with Gasteiger partial charge in [0.1, 0.15) is 12.2 Å². The molecule has 2 aromatic rings. The lowest BCUT2D eigenvalue weighted by Gasteiger charge is -2.41. The van der Waals surface area contributed by atoms with E-state index >= 15 is 0 Å². The fourth-order valence-corrected chi connectivity index (χ4v) is 5.85. The smallest absolute Gasteiger partial charge is 0.410 e. The largest absolute Gasteiger partial charge is 0.486 e. The van der Waals surface area contributed by atoms with E-state index in [0.29, 0.717) is 37.7 Å². The van der Waals surface area contributed by atoms with E-state index < -0.39 is 5.60 Å². The van der Waals surface area contributed by atoms with Crippen molar-refractivity contribution in [2.24, 2.45) is 5.92 Å². The van der Waals surface area contributed by atoms with Crippen LogP contribution in [0.4, 0.5) is 4.79 Å². The van der Waals surface area contributed by atoms with Crippen LogP contribution in [0.3, 0.4) is 0 Å². The predicted octanol–water partition coefficient (Wildman–Crippen LogP) is 5.51. The topological polar surface area (TPSA) is 51.2 Å². The fraction of sp³-hybridized carbons (Fsp3) is 0.552. The summed E-state index contributed by atoms with van der Waals surface area (Å²) in [5, 5.41) is 0. The maximum absolute atomic E-state index is 13.2. The summed E-state index contributed by atoms with van der Waals surface area (Å²) in [4.78, 5) is 17.8. The number of benzene rings is 2. The van der Waals surface area contributed by atoms with Crippen LogP contribution in [0.5, 0.6) is 11.5 Å².